The van der Waals surface area contributed by atoms with E-state index in [1.165, 1.54) is 12.2 Å². The molecule has 0 radical (unpaired) electrons. The summed E-state index contributed by atoms with van der Waals surface area (Å²) in [4.78, 5) is 13.8. The minimum Gasteiger partial charge on any atom is -0.342 e. The first-order valence-electron chi connectivity index (χ1n) is 5.31. The average Bonchev–Trinajstić information content (AvgIpc) is 2.62. The van der Waals surface area contributed by atoms with Crippen LogP contribution in [0.4, 0.5) is 0 Å². The van der Waals surface area contributed by atoms with Crippen molar-refractivity contribution >= 4 is 17.7 Å². The number of carbonyl (C=O) groups is 1. The highest BCUT2D eigenvalue weighted by Gasteiger charge is 2.27. The Labute approximate surface area is 89.6 Å². The molecule has 80 valence electrons. The van der Waals surface area contributed by atoms with Gasteiger partial charge in [-0.3, -0.25) is 4.79 Å². The van der Waals surface area contributed by atoms with E-state index in [0.29, 0.717) is 17.9 Å². The minimum atomic E-state index is 0.337. The van der Waals surface area contributed by atoms with E-state index >= 15 is 0 Å². The Morgan fingerprint density at radius 2 is 2.36 bits per heavy atom. The number of nitrogens with zero attached hydrogens (tertiary/aromatic N) is 1. The molecule has 0 aromatic carbocycles. The third-order valence-electron chi connectivity index (χ3n) is 3.18. The van der Waals surface area contributed by atoms with E-state index in [0.717, 1.165) is 25.3 Å². The topological polar surface area (TPSA) is 32.3 Å². The van der Waals surface area contributed by atoms with Gasteiger partial charge in [0.25, 0.3) is 0 Å². The van der Waals surface area contributed by atoms with E-state index in [9.17, 15) is 4.79 Å². The van der Waals surface area contributed by atoms with Crippen LogP contribution < -0.4 is 5.32 Å². The number of thioether (sulfide) groups is 1. The maximum absolute atomic E-state index is 11.8. The van der Waals surface area contributed by atoms with Gasteiger partial charge in [-0.2, -0.15) is 11.8 Å². The molecule has 2 aliphatic rings. The van der Waals surface area contributed by atoms with E-state index in [-0.39, 0.29) is 0 Å². The number of hydrogen-bond acceptors (Lipinski definition) is 3. The van der Waals surface area contributed by atoms with Crippen LogP contribution in [0.3, 0.4) is 0 Å². The van der Waals surface area contributed by atoms with Gasteiger partial charge in [-0.1, -0.05) is 0 Å². The van der Waals surface area contributed by atoms with Crippen LogP contribution in [0.25, 0.3) is 0 Å². The van der Waals surface area contributed by atoms with Crippen LogP contribution in [0.1, 0.15) is 12.8 Å². The van der Waals surface area contributed by atoms with Crippen molar-refractivity contribution in [3.63, 3.8) is 0 Å². The second-order valence-corrected chi connectivity index (χ2v) is 5.40. The summed E-state index contributed by atoms with van der Waals surface area (Å²) in [6.07, 6.45) is 1.92. The lowest BCUT2D eigenvalue weighted by atomic mass is 9.98. The highest BCUT2D eigenvalue weighted by molar-refractivity contribution is 7.99. The lowest BCUT2D eigenvalue weighted by Gasteiger charge is -2.30. The normalized spacial score (nSPS) is 27.4. The highest BCUT2D eigenvalue weighted by atomic mass is 32.2. The van der Waals surface area contributed by atoms with Crippen molar-refractivity contribution in [3.05, 3.63) is 0 Å². The Hall–Kier alpha value is -0.220. The van der Waals surface area contributed by atoms with Gasteiger partial charge < -0.3 is 10.2 Å². The molecule has 0 aromatic heterocycles. The average molecular weight is 214 g/mol. The SMILES string of the molecule is CN(C(=O)CC1CNC1)C1CCSC1. The van der Waals surface area contributed by atoms with E-state index in [2.05, 4.69) is 5.32 Å². The molecule has 1 atom stereocenters. The van der Waals surface area contributed by atoms with Gasteiger partial charge in [-0.05, 0) is 31.2 Å². The smallest absolute Gasteiger partial charge is 0.222 e. The van der Waals surface area contributed by atoms with Gasteiger partial charge in [0, 0.05) is 25.3 Å². The third kappa shape index (κ3) is 2.23. The molecular formula is C10H18N2OS. The molecule has 1 amide bonds. The van der Waals surface area contributed by atoms with Crippen molar-refractivity contribution in [2.24, 2.45) is 5.92 Å². The summed E-state index contributed by atoms with van der Waals surface area (Å²) in [5.41, 5.74) is 0. The Bertz CT molecular complexity index is 212. The van der Waals surface area contributed by atoms with E-state index in [4.69, 9.17) is 0 Å². The molecule has 2 saturated heterocycles. The minimum absolute atomic E-state index is 0.337. The van der Waals surface area contributed by atoms with Crippen molar-refractivity contribution in [2.75, 3.05) is 31.6 Å². The molecule has 2 rings (SSSR count). The van der Waals surface area contributed by atoms with Gasteiger partial charge in [0.1, 0.15) is 0 Å². The van der Waals surface area contributed by atoms with Gasteiger partial charge in [0.15, 0.2) is 0 Å². The van der Waals surface area contributed by atoms with Crippen LogP contribution in [0, 0.1) is 5.92 Å². The van der Waals surface area contributed by atoms with Crippen LogP contribution >= 0.6 is 11.8 Å². The quantitative estimate of drug-likeness (QED) is 0.745. The molecule has 1 N–H and O–H groups in total. The van der Waals surface area contributed by atoms with Crippen LogP contribution in [0.2, 0.25) is 0 Å². The van der Waals surface area contributed by atoms with Crippen molar-refractivity contribution in [1.82, 2.24) is 10.2 Å². The van der Waals surface area contributed by atoms with Gasteiger partial charge in [0.05, 0.1) is 0 Å². The number of hydrogen-bond donors (Lipinski definition) is 1. The molecule has 14 heavy (non-hydrogen) atoms. The predicted octanol–water partition coefficient (Wildman–Crippen LogP) is 0.560. The molecule has 0 aliphatic carbocycles. The zero-order chi connectivity index (χ0) is 9.97. The summed E-state index contributed by atoms with van der Waals surface area (Å²) < 4.78 is 0. The first kappa shape index (κ1) is 10.3. The lowest BCUT2D eigenvalue weighted by molar-refractivity contribution is -0.132. The van der Waals surface area contributed by atoms with Crippen molar-refractivity contribution in [3.8, 4) is 0 Å². The predicted molar refractivity (Wildman–Crippen MR) is 59.5 cm³/mol. The molecular weight excluding hydrogens is 196 g/mol. The largest absolute Gasteiger partial charge is 0.342 e. The Balaban J connectivity index is 1.77. The molecule has 2 aliphatic heterocycles. The van der Waals surface area contributed by atoms with Crippen LogP contribution in [0.15, 0.2) is 0 Å². The van der Waals surface area contributed by atoms with Crippen LogP contribution in [-0.4, -0.2) is 48.5 Å². The second-order valence-electron chi connectivity index (χ2n) is 4.25. The fourth-order valence-corrected chi connectivity index (χ4v) is 3.18. The molecule has 1 unspecified atom stereocenters. The molecule has 2 heterocycles. The molecule has 0 aromatic rings. The fraction of sp³-hybridized carbons (Fsp3) is 0.900. The van der Waals surface area contributed by atoms with Crippen molar-refractivity contribution in [2.45, 2.75) is 18.9 Å². The van der Waals surface area contributed by atoms with Crippen LogP contribution in [-0.2, 0) is 4.79 Å². The highest BCUT2D eigenvalue weighted by Crippen LogP contribution is 2.22. The summed E-state index contributed by atoms with van der Waals surface area (Å²) in [6.45, 7) is 2.05. The Morgan fingerprint density at radius 3 is 2.86 bits per heavy atom. The maximum Gasteiger partial charge on any atom is 0.222 e. The summed E-state index contributed by atoms with van der Waals surface area (Å²) in [7, 11) is 1.96. The van der Waals surface area contributed by atoms with Gasteiger partial charge in [0.2, 0.25) is 5.91 Å². The van der Waals surface area contributed by atoms with Gasteiger partial charge in [-0.25, -0.2) is 0 Å². The Kier molecular flexibility index (Phi) is 3.34. The zero-order valence-electron chi connectivity index (χ0n) is 8.66. The monoisotopic (exact) mass is 214 g/mol. The van der Waals surface area contributed by atoms with Crippen molar-refractivity contribution < 1.29 is 4.79 Å². The Morgan fingerprint density at radius 1 is 1.57 bits per heavy atom. The summed E-state index contributed by atoms with van der Waals surface area (Å²) in [5.74, 6) is 3.28. The molecule has 3 nitrogen and oxygen atoms in total. The lowest BCUT2D eigenvalue weighted by Crippen LogP contribution is -2.46. The third-order valence-corrected chi connectivity index (χ3v) is 4.32. The fourth-order valence-electron chi connectivity index (χ4n) is 1.91. The molecule has 4 heteroatoms. The summed E-state index contributed by atoms with van der Waals surface area (Å²) in [5, 5.41) is 3.20. The van der Waals surface area contributed by atoms with Gasteiger partial charge in [-0.15, -0.1) is 0 Å². The number of amides is 1. The molecule has 0 bridgehead atoms. The van der Waals surface area contributed by atoms with Crippen LogP contribution in [0.5, 0.6) is 0 Å². The molecule has 0 spiro atoms. The van der Waals surface area contributed by atoms with E-state index < -0.39 is 0 Å². The number of rotatable bonds is 3. The first-order chi connectivity index (χ1) is 6.77. The molecule has 2 fully saturated rings. The molecule has 0 saturated carbocycles. The standard InChI is InChI=1S/C10H18N2OS/c1-12(9-2-3-14-7-9)10(13)4-8-5-11-6-8/h8-9,11H,2-7H2,1H3. The maximum atomic E-state index is 11.8. The zero-order valence-corrected chi connectivity index (χ0v) is 9.48. The number of nitrogens with one attached hydrogen (secondary N) is 1. The van der Waals surface area contributed by atoms with Gasteiger partial charge >= 0.3 is 0 Å². The van der Waals surface area contributed by atoms with E-state index in [1.807, 2.05) is 23.7 Å². The first-order valence-corrected chi connectivity index (χ1v) is 6.47. The summed E-state index contributed by atoms with van der Waals surface area (Å²) in [6, 6.07) is 0.500. The number of carbonyl (C=O) groups excluding carboxylic acids is 1. The second kappa shape index (κ2) is 4.53. The van der Waals surface area contributed by atoms with Crippen molar-refractivity contribution in [1.29, 1.82) is 0 Å². The van der Waals surface area contributed by atoms with E-state index in [1.54, 1.807) is 0 Å². The summed E-state index contributed by atoms with van der Waals surface area (Å²) >= 11 is 1.96.